The molecule has 0 spiro atoms. The fourth-order valence-electron chi connectivity index (χ4n) is 6.75. The number of fused-ring (bicyclic) bond motifs is 6. The van der Waals surface area contributed by atoms with E-state index >= 15 is 0 Å². The van der Waals surface area contributed by atoms with Gasteiger partial charge in [0.2, 0.25) is 0 Å². The Morgan fingerprint density at radius 1 is 0.385 bits per heavy atom. The zero-order valence-corrected chi connectivity index (χ0v) is 17.9. The highest BCUT2D eigenvalue weighted by molar-refractivity contribution is 4.63. The van der Waals surface area contributed by atoms with Crippen LogP contribution in [0.3, 0.4) is 0 Å². The van der Waals surface area contributed by atoms with E-state index in [2.05, 4.69) is 13.8 Å². The fourth-order valence-corrected chi connectivity index (χ4v) is 6.75. The molecule has 0 aromatic carbocycles. The van der Waals surface area contributed by atoms with Crippen LogP contribution in [0, 0.1) is 0 Å². The smallest absolute Gasteiger partial charge is 0.129 e. The van der Waals surface area contributed by atoms with E-state index < -0.39 is 0 Å². The van der Waals surface area contributed by atoms with Crippen molar-refractivity contribution in [2.45, 2.75) is 39.5 Å². The quantitative estimate of drug-likeness (QED) is 0.432. The molecular weight excluding hydrogens is 320 g/mol. The molecule has 0 radical (unpaired) electrons. The van der Waals surface area contributed by atoms with E-state index in [4.69, 9.17) is 0 Å². The molecule has 0 atom stereocenters. The molecule has 4 bridgehead atoms. The van der Waals surface area contributed by atoms with Crippen molar-refractivity contribution in [3.8, 4) is 0 Å². The summed E-state index contributed by atoms with van der Waals surface area (Å²) in [5.74, 6) is 0. The van der Waals surface area contributed by atoms with E-state index in [0.29, 0.717) is 0 Å². The number of quaternary nitrogens is 4. The topological polar surface area (TPSA) is 0 Å². The number of nitrogens with zero attached hydrogens (tertiary/aromatic N) is 4. The largest absolute Gasteiger partial charge is 0.310 e. The number of piperazine rings is 6. The van der Waals surface area contributed by atoms with Gasteiger partial charge in [0.1, 0.15) is 78.5 Å². The molecule has 4 nitrogen and oxygen atoms in total. The second-order valence-corrected chi connectivity index (χ2v) is 10.5. The van der Waals surface area contributed by atoms with Gasteiger partial charge in [-0.2, -0.15) is 0 Å². The van der Waals surface area contributed by atoms with Gasteiger partial charge in [0, 0.05) is 0 Å². The van der Waals surface area contributed by atoms with Crippen LogP contribution in [-0.4, -0.2) is 123 Å². The van der Waals surface area contributed by atoms with E-state index in [9.17, 15) is 0 Å². The number of likely N-dealkylation sites (N-methyl/N-ethyl adjacent to an activating group) is 2. The van der Waals surface area contributed by atoms with Crippen molar-refractivity contribution in [1.29, 1.82) is 0 Å². The lowest BCUT2D eigenvalue weighted by atomic mass is 10.0. The molecule has 6 fully saturated rings. The van der Waals surface area contributed by atoms with Crippen LogP contribution in [-0.2, 0) is 0 Å². The summed E-state index contributed by atoms with van der Waals surface area (Å²) in [7, 11) is 0. The summed E-state index contributed by atoms with van der Waals surface area (Å²) in [4.78, 5) is 0. The van der Waals surface area contributed by atoms with Gasteiger partial charge in [0.25, 0.3) is 0 Å². The summed E-state index contributed by atoms with van der Waals surface area (Å²) in [5.41, 5.74) is 0. The SMILES string of the molecule is CC[N+]12CC[N+](CCCCCC[N+]34CC[N+](CC)(CC3)CC4)(CC1)CC2. The Balaban J connectivity index is 1.12. The Labute approximate surface area is 162 Å². The molecule has 6 aliphatic heterocycles. The minimum Gasteiger partial charge on any atom is -0.310 e. The highest BCUT2D eigenvalue weighted by atomic mass is 15.5. The van der Waals surface area contributed by atoms with Gasteiger partial charge in [-0.15, -0.1) is 0 Å². The first-order valence-corrected chi connectivity index (χ1v) is 12.0. The Kier molecular flexibility index (Phi) is 5.42. The molecule has 0 amide bonds. The lowest BCUT2D eigenvalue weighted by molar-refractivity contribution is -1.08. The number of hydrogen-bond donors (Lipinski definition) is 0. The molecule has 6 aliphatic rings. The van der Waals surface area contributed by atoms with Crippen LogP contribution in [0.25, 0.3) is 0 Å². The Hall–Kier alpha value is -0.160. The summed E-state index contributed by atoms with van der Waals surface area (Å²) in [6.45, 7) is 28.2. The summed E-state index contributed by atoms with van der Waals surface area (Å²) in [6, 6.07) is 0. The molecule has 0 aromatic rings. The van der Waals surface area contributed by atoms with Crippen LogP contribution in [0.2, 0.25) is 0 Å². The fraction of sp³-hybridized carbons (Fsp3) is 1.00. The number of hydrogen-bond acceptors (Lipinski definition) is 0. The van der Waals surface area contributed by atoms with Crippen molar-refractivity contribution in [3.05, 3.63) is 0 Å². The lowest BCUT2D eigenvalue weighted by Gasteiger charge is -2.55. The molecule has 150 valence electrons. The number of rotatable bonds is 9. The molecule has 0 saturated carbocycles. The summed E-state index contributed by atoms with van der Waals surface area (Å²) < 4.78 is 5.85. The van der Waals surface area contributed by atoms with Crippen molar-refractivity contribution in [2.24, 2.45) is 0 Å². The minimum absolute atomic E-state index is 1.37. The third-order valence-corrected chi connectivity index (χ3v) is 9.65. The lowest BCUT2D eigenvalue weighted by Crippen LogP contribution is -2.75. The van der Waals surface area contributed by atoms with Gasteiger partial charge in [-0.3, -0.25) is 0 Å². The Morgan fingerprint density at radius 3 is 0.923 bits per heavy atom. The second-order valence-electron chi connectivity index (χ2n) is 10.5. The van der Waals surface area contributed by atoms with Gasteiger partial charge < -0.3 is 17.9 Å². The first-order valence-electron chi connectivity index (χ1n) is 12.0. The summed E-state index contributed by atoms with van der Waals surface area (Å²) in [6.07, 6.45) is 5.95. The van der Waals surface area contributed by atoms with Crippen LogP contribution in [0.5, 0.6) is 0 Å². The molecule has 0 aliphatic carbocycles. The van der Waals surface area contributed by atoms with Crippen molar-refractivity contribution in [1.82, 2.24) is 0 Å². The minimum atomic E-state index is 1.37. The van der Waals surface area contributed by atoms with E-state index in [1.807, 2.05) is 0 Å². The summed E-state index contributed by atoms with van der Waals surface area (Å²) >= 11 is 0. The maximum atomic E-state index is 2.41. The third kappa shape index (κ3) is 3.59. The molecule has 26 heavy (non-hydrogen) atoms. The zero-order valence-electron chi connectivity index (χ0n) is 17.9. The van der Waals surface area contributed by atoms with Gasteiger partial charge in [-0.1, -0.05) is 0 Å². The van der Waals surface area contributed by atoms with E-state index in [-0.39, 0.29) is 0 Å². The van der Waals surface area contributed by atoms with E-state index in [1.165, 1.54) is 148 Å². The predicted molar refractivity (Wildman–Crippen MR) is 109 cm³/mol. The average Bonchev–Trinajstić information content (AvgIpc) is 2.73. The third-order valence-electron chi connectivity index (χ3n) is 9.65. The molecule has 6 saturated heterocycles. The first-order chi connectivity index (χ1) is 12.6. The number of unbranched alkanes of at least 4 members (excludes halogenated alkanes) is 3. The van der Waals surface area contributed by atoms with E-state index in [0.717, 1.165) is 0 Å². The van der Waals surface area contributed by atoms with Crippen molar-refractivity contribution >= 4 is 0 Å². The van der Waals surface area contributed by atoms with E-state index in [1.54, 1.807) is 0 Å². The van der Waals surface area contributed by atoms with Crippen molar-refractivity contribution in [2.75, 3.05) is 105 Å². The van der Waals surface area contributed by atoms with Crippen LogP contribution < -0.4 is 0 Å². The Bertz CT molecular complexity index is 395. The highest BCUT2D eigenvalue weighted by Gasteiger charge is 2.48. The van der Waals surface area contributed by atoms with Gasteiger partial charge in [0.05, 0.1) is 26.2 Å². The Morgan fingerprint density at radius 2 is 0.654 bits per heavy atom. The van der Waals surface area contributed by atoms with Gasteiger partial charge in [-0.05, 0) is 39.5 Å². The monoisotopic (exact) mass is 366 g/mol. The highest BCUT2D eigenvalue weighted by Crippen LogP contribution is 2.28. The van der Waals surface area contributed by atoms with Crippen LogP contribution >= 0.6 is 0 Å². The van der Waals surface area contributed by atoms with Crippen LogP contribution in [0.15, 0.2) is 0 Å². The standard InChI is InChI=1S/C22H46N4/c1-3-23-11-17-25(18-12-23,19-13-23)9-7-5-6-8-10-26-20-14-24(4-2,15-21-26)16-22-26/h3-22H2,1-2H3/q+4. The molecule has 6 rings (SSSR count). The van der Waals surface area contributed by atoms with Crippen molar-refractivity contribution < 1.29 is 17.9 Å². The molecule has 6 heterocycles. The molecule has 0 unspecified atom stereocenters. The van der Waals surface area contributed by atoms with Crippen molar-refractivity contribution in [3.63, 3.8) is 0 Å². The maximum Gasteiger partial charge on any atom is 0.129 e. The first kappa shape index (κ1) is 19.2. The van der Waals surface area contributed by atoms with Gasteiger partial charge in [-0.25, -0.2) is 0 Å². The molecule has 0 aromatic heterocycles. The maximum absolute atomic E-state index is 2.41. The predicted octanol–water partition coefficient (Wildman–Crippen LogP) is 1.91. The molecule has 0 N–H and O–H groups in total. The second kappa shape index (κ2) is 7.35. The van der Waals surface area contributed by atoms with Crippen LogP contribution in [0.1, 0.15) is 39.5 Å². The normalized spacial score (nSPS) is 44.5. The zero-order chi connectivity index (χ0) is 18.1. The van der Waals surface area contributed by atoms with Gasteiger partial charge >= 0.3 is 0 Å². The molecular formula is C22H46N4+4. The molecule has 4 heteroatoms. The van der Waals surface area contributed by atoms with Crippen LogP contribution in [0.4, 0.5) is 0 Å². The average molecular weight is 367 g/mol. The summed E-state index contributed by atoms with van der Waals surface area (Å²) in [5, 5.41) is 0. The van der Waals surface area contributed by atoms with Gasteiger partial charge in [0.15, 0.2) is 0 Å².